The Morgan fingerprint density at radius 2 is 1.66 bits per heavy atom. The molecule has 0 saturated heterocycles. The van der Waals surface area contributed by atoms with Crippen molar-refractivity contribution >= 4 is 29.0 Å². The molecular weight excluding hydrogens is 386 g/mol. The quantitative estimate of drug-likeness (QED) is 0.628. The fourth-order valence-corrected chi connectivity index (χ4v) is 3.81. The maximum atomic E-state index is 13.3. The zero-order valence-electron chi connectivity index (χ0n) is 15.9. The van der Waals surface area contributed by atoms with Crippen LogP contribution < -0.4 is 4.90 Å². The summed E-state index contributed by atoms with van der Waals surface area (Å²) in [5, 5.41) is 12.0. The van der Waals surface area contributed by atoms with Gasteiger partial charge in [0.15, 0.2) is 11.4 Å². The average Bonchev–Trinajstić information content (AvgIpc) is 2.92. The van der Waals surface area contributed by atoms with E-state index >= 15 is 0 Å². The van der Waals surface area contributed by atoms with Crippen LogP contribution in [0.4, 0.5) is 5.69 Å². The van der Waals surface area contributed by atoms with E-state index in [9.17, 15) is 14.7 Å². The van der Waals surface area contributed by atoms with E-state index in [0.29, 0.717) is 21.8 Å². The van der Waals surface area contributed by atoms with Gasteiger partial charge in [-0.05, 0) is 30.7 Å². The number of halogens is 1. The molecule has 29 heavy (non-hydrogen) atoms. The van der Waals surface area contributed by atoms with Gasteiger partial charge >= 0.3 is 0 Å². The summed E-state index contributed by atoms with van der Waals surface area (Å²) in [6.07, 6.45) is -0.303. The van der Waals surface area contributed by atoms with Crippen molar-refractivity contribution in [3.05, 3.63) is 100 Å². The Morgan fingerprint density at radius 3 is 2.34 bits per heavy atom. The first-order valence-electron chi connectivity index (χ1n) is 9.37. The van der Waals surface area contributed by atoms with Crippen molar-refractivity contribution in [3.63, 3.8) is 0 Å². The molecule has 0 aromatic heterocycles. The van der Waals surface area contributed by atoms with E-state index in [1.807, 2.05) is 37.3 Å². The zero-order valence-corrected chi connectivity index (χ0v) is 16.7. The van der Waals surface area contributed by atoms with E-state index in [2.05, 4.69) is 0 Å². The highest BCUT2D eigenvalue weighted by atomic mass is 35.5. The minimum absolute atomic E-state index is 0.274. The second-order valence-electron chi connectivity index (χ2n) is 7.36. The summed E-state index contributed by atoms with van der Waals surface area (Å²) in [7, 11) is 0. The van der Waals surface area contributed by atoms with Crippen molar-refractivity contribution < 1.29 is 14.7 Å². The van der Waals surface area contributed by atoms with Gasteiger partial charge in [-0.3, -0.25) is 9.59 Å². The number of carbonyl (C=O) groups is 2. The summed E-state index contributed by atoms with van der Waals surface area (Å²) in [6, 6.07) is 21.4. The number of nitrogens with zero attached hydrogens (tertiary/aromatic N) is 1. The fraction of sp³-hybridized carbons (Fsp3) is 0.167. The normalized spacial score (nSPS) is 18.0. The highest BCUT2D eigenvalue weighted by Gasteiger charge is 2.50. The monoisotopic (exact) mass is 405 g/mol. The Hall–Kier alpha value is -2.95. The third-order valence-corrected chi connectivity index (χ3v) is 5.54. The number of aliphatic hydroxyl groups is 1. The average molecular weight is 406 g/mol. The largest absolute Gasteiger partial charge is 0.375 e. The van der Waals surface area contributed by atoms with E-state index in [1.165, 1.54) is 4.90 Å². The third kappa shape index (κ3) is 3.57. The molecule has 1 atom stereocenters. The molecule has 3 aromatic carbocycles. The second-order valence-corrected chi connectivity index (χ2v) is 7.80. The maximum Gasteiger partial charge on any atom is 0.264 e. The highest BCUT2D eigenvalue weighted by Crippen LogP contribution is 2.43. The number of hydrogen-bond acceptors (Lipinski definition) is 3. The predicted octanol–water partition coefficient (Wildman–Crippen LogP) is 4.66. The van der Waals surface area contributed by atoms with E-state index in [4.69, 9.17) is 11.6 Å². The third-order valence-electron chi connectivity index (χ3n) is 5.28. The molecule has 0 bridgehead atoms. The number of rotatable bonds is 5. The first kappa shape index (κ1) is 19.4. The van der Waals surface area contributed by atoms with Crippen LogP contribution in [0.2, 0.25) is 5.02 Å². The Balaban J connectivity index is 1.66. The van der Waals surface area contributed by atoms with Gasteiger partial charge in [-0.1, -0.05) is 71.8 Å². The lowest BCUT2D eigenvalue weighted by Gasteiger charge is -2.23. The number of benzene rings is 3. The lowest BCUT2D eigenvalue weighted by molar-refractivity contribution is -0.136. The van der Waals surface area contributed by atoms with Crippen LogP contribution in [0.5, 0.6) is 0 Å². The molecule has 3 aromatic rings. The molecular formula is C24H20ClNO3. The summed E-state index contributed by atoms with van der Waals surface area (Å²) in [4.78, 5) is 27.6. The lowest BCUT2D eigenvalue weighted by Crippen LogP contribution is -2.41. The molecule has 4 nitrogen and oxygen atoms in total. The first-order valence-corrected chi connectivity index (χ1v) is 9.74. The molecule has 1 aliphatic heterocycles. The van der Waals surface area contributed by atoms with Gasteiger partial charge in [0.25, 0.3) is 5.91 Å². The zero-order chi connectivity index (χ0) is 20.6. The highest BCUT2D eigenvalue weighted by molar-refractivity contribution is 6.30. The Labute approximate surface area is 174 Å². The van der Waals surface area contributed by atoms with Crippen LogP contribution >= 0.6 is 11.6 Å². The van der Waals surface area contributed by atoms with Crippen molar-refractivity contribution in [2.75, 3.05) is 4.90 Å². The smallest absolute Gasteiger partial charge is 0.264 e. The number of ketones is 1. The number of para-hydroxylation sites is 1. The molecule has 0 aliphatic carbocycles. The van der Waals surface area contributed by atoms with Crippen molar-refractivity contribution in [3.8, 4) is 0 Å². The standard InChI is InChI=1S/C24H20ClNO3/c1-16-6-10-18(11-7-16)22(27)14-24(29)20-4-2-3-5-21(20)26(23(24)28)15-17-8-12-19(25)13-9-17/h2-13,29H,14-15H2,1H3/t24-/m0/s1. The Kier molecular flexibility index (Phi) is 4.99. The summed E-state index contributed by atoms with van der Waals surface area (Å²) in [6.45, 7) is 2.22. The van der Waals surface area contributed by atoms with Crippen LogP contribution in [-0.4, -0.2) is 16.8 Å². The summed E-state index contributed by atoms with van der Waals surface area (Å²) >= 11 is 5.95. The predicted molar refractivity (Wildman–Crippen MR) is 113 cm³/mol. The van der Waals surface area contributed by atoms with Crippen LogP contribution in [-0.2, 0) is 16.9 Å². The Bertz CT molecular complexity index is 1080. The molecule has 1 amide bonds. The second kappa shape index (κ2) is 7.47. The molecule has 1 N–H and O–H groups in total. The van der Waals surface area contributed by atoms with Gasteiger partial charge in [-0.2, -0.15) is 0 Å². The summed E-state index contributed by atoms with van der Waals surface area (Å²) in [5.74, 6) is -0.766. The fourth-order valence-electron chi connectivity index (χ4n) is 3.68. The van der Waals surface area contributed by atoms with Crippen molar-refractivity contribution in [2.45, 2.75) is 25.5 Å². The number of anilines is 1. The van der Waals surface area contributed by atoms with Gasteiger partial charge in [0.2, 0.25) is 0 Å². The van der Waals surface area contributed by atoms with Gasteiger partial charge in [0.1, 0.15) is 0 Å². The van der Waals surface area contributed by atoms with E-state index in [0.717, 1.165) is 11.1 Å². The molecule has 0 fully saturated rings. The minimum Gasteiger partial charge on any atom is -0.375 e. The number of Topliss-reactive ketones (excluding diaryl/α,β-unsaturated/α-hetero) is 1. The molecule has 0 spiro atoms. The number of amides is 1. The SMILES string of the molecule is Cc1ccc(C(=O)C[C@@]2(O)C(=O)N(Cc3ccc(Cl)cc3)c3ccccc32)cc1. The number of aryl methyl sites for hydroxylation is 1. The van der Waals surface area contributed by atoms with Gasteiger partial charge < -0.3 is 10.0 Å². The van der Waals surface area contributed by atoms with Crippen LogP contribution in [0.1, 0.15) is 33.5 Å². The molecule has 146 valence electrons. The van der Waals surface area contributed by atoms with Gasteiger partial charge in [0, 0.05) is 16.1 Å². The van der Waals surface area contributed by atoms with Crippen LogP contribution in [0.15, 0.2) is 72.8 Å². The molecule has 0 radical (unpaired) electrons. The topological polar surface area (TPSA) is 57.6 Å². The summed E-state index contributed by atoms with van der Waals surface area (Å²) < 4.78 is 0. The molecule has 4 rings (SSSR count). The van der Waals surface area contributed by atoms with Gasteiger partial charge in [0.05, 0.1) is 18.7 Å². The van der Waals surface area contributed by atoms with Crippen LogP contribution in [0.3, 0.4) is 0 Å². The van der Waals surface area contributed by atoms with Gasteiger partial charge in [-0.25, -0.2) is 0 Å². The maximum absolute atomic E-state index is 13.3. The number of carbonyl (C=O) groups excluding carboxylic acids is 2. The van der Waals surface area contributed by atoms with Crippen LogP contribution in [0.25, 0.3) is 0 Å². The van der Waals surface area contributed by atoms with Crippen molar-refractivity contribution in [1.29, 1.82) is 0 Å². The molecule has 5 heteroatoms. The van der Waals surface area contributed by atoms with E-state index in [1.54, 1.807) is 42.5 Å². The first-order chi connectivity index (χ1) is 13.9. The molecule has 1 aliphatic rings. The minimum atomic E-state index is -1.88. The molecule has 0 saturated carbocycles. The van der Waals surface area contributed by atoms with E-state index in [-0.39, 0.29) is 18.7 Å². The lowest BCUT2D eigenvalue weighted by atomic mass is 9.88. The van der Waals surface area contributed by atoms with Crippen LogP contribution in [0, 0.1) is 6.92 Å². The van der Waals surface area contributed by atoms with Crippen molar-refractivity contribution in [2.24, 2.45) is 0 Å². The summed E-state index contributed by atoms with van der Waals surface area (Å²) in [5.41, 5.74) is 1.59. The number of hydrogen-bond donors (Lipinski definition) is 1. The molecule has 1 heterocycles. The Morgan fingerprint density at radius 1 is 1.00 bits per heavy atom. The molecule has 0 unspecified atom stereocenters. The van der Waals surface area contributed by atoms with Gasteiger partial charge in [-0.15, -0.1) is 0 Å². The van der Waals surface area contributed by atoms with E-state index < -0.39 is 11.5 Å². The van der Waals surface area contributed by atoms with Crippen molar-refractivity contribution in [1.82, 2.24) is 0 Å². The number of fused-ring (bicyclic) bond motifs is 1.